The molecule has 0 atom stereocenters. The SMILES string of the molecule is COC(=O)/C(=C1\OC(=O)C(c2cccc(C)c2)=C1O)c1cccc(C)c1. The number of benzene rings is 2. The van der Waals surface area contributed by atoms with Gasteiger partial charge in [-0.05, 0) is 25.0 Å². The summed E-state index contributed by atoms with van der Waals surface area (Å²) in [7, 11) is 1.23. The van der Waals surface area contributed by atoms with E-state index in [0.717, 1.165) is 11.1 Å². The normalized spacial score (nSPS) is 15.7. The van der Waals surface area contributed by atoms with Gasteiger partial charge in [-0.3, -0.25) is 0 Å². The Morgan fingerprint density at radius 1 is 1.04 bits per heavy atom. The second-order valence-electron chi connectivity index (χ2n) is 6.05. The summed E-state index contributed by atoms with van der Waals surface area (Å²) in [6, 6.07) is 14.2. The van der Waals surface area contributed by atoms with Gasteiger partial charge in [0, 0.05) is 0 Å². The van der Waals surface area contributed by atoms with Gasteiger partial charge >= 0.3 is 11.9 Å². The maximum absolute atomic E-state index is 12.4. The Kier molecular flexibility index (Phi) is 4.63. The summed E-state index contributed by atoms with van der Waals surface area (Å²) in [5.41, 5.74) is 2.89. The molecule has 1 aliphatic rings. The third-order valence-corrected chi connectivity index (χ3v) is 4.08. The Morgan fingerprint density at radius 3 is 2.31 bits per heavy atom. The molecule has 1 heterocycles. The van der Waals surface area contributed by atoms with Gasteiger partial charge in [0.2, 0.25) is 0 Å². The number of esters is 2. The predicted octanol–water partition coefficient (Wildman–Crippen LogP) is 3.71. The van der Waals surface area contributed by atoms with Crippen molar-refractivity contribution in [3.05, 3.63) is 82.3 Å². The second kappa shape index (κ2) is 6.88. The van der Waals surface area contributed by atoms with Gasteiger partial charge in [-0.15, -0.1) is 0 Å². The van der Waals surface area contributed by atoms with E-state index < -0.39 is 11.9 Å². The third-order valence-electron chi connectivity index (χ3n) is 4.08. The largest absolute Gasteiger partial charge is 0.504 e. The van der Waals surface area contributed by atoms with Crippen LogP contribution in [0.15, 0.2) is 60.0 Å². The molecule has 1 aliphatic heterocycles. The van der Waals surface area contributed by atoms with Crippen molar-refractivity contribution in [3.8, 4) is 0 Å². The molecular formula is C21H18O5. The molecule has 0 aromatic heterocycles. The number of aliphatic hydroxyl groups is 1. The first kappa shape index (κ1) is 17.5. The number of hydrogen-bond donors (Lipinski definition) is 1. The van der Waals surface area contributed by atoms with Crippen LogP contribution in [-0.2, 0) is 19.1 Å². The Hall–Kier alpha value is -3.34. The molecule has 5 heteroatoms. The zero-order valence-electron chi connectivity index (χ0n) is 14.7. The summed E-state index contributed by atoms with van der Waals surface area (Å²) >= 11 is 0. The van der Waals surface area contributed by atoms with Crippen LogP contribution in [0.4, 0.5) is 0 Å². The van der Waals surface area contributed by atoms with E-state index in [4.69, 9.17) is 9.47 Å². The molecule has 0 spiro atoms. The lowest BCUT2D eigenvalue weighted by atomic mass is 9.99. The number of carbonyl (C=O) groups is 2. The third kappa shape index (κ3) is 3.11. The van der Waals surface area contributed by atoms with Crippen LogP contribution in [0.3, 0.4) is 0 Å². The number of hydrogen-bond acceptors (Lipinski definition) is 5. The van der Waals surface area contributed by atoms with E-state index >= 15 is 0 Å². The highest BCUT2D eigenvalue weighted by molar-refractivity contribution is 6.25. The summed E-state index contributed by atoms with van der Waals surface area (Å²) in [5, 5.41) is 10.7. The fourth-order valence-electron chi connectivity index (χ4n) is 2.87. The van der Waals surface area contributed by atoms with Gasteiger partial charge in [0.15, 0.2) is 11.5 Å². The standard InChI is InChI=1S/C21H18O5/c1-12-6-4-8-14(10-12)16-18(22)19(26-21(16)24)17(20(23)25-3)15-9-5-7-13(2)11-15/h4-11,22H,1-3H3/b19-17-. The maximum atomic E-state index is 12.4. The Morgan fingerprint density at radius 2 is 1.69 bits per heavy atom. The number of ether oxygens (including phenoxy) is 2. The van der Waals surface area contributed by atoms with Gasteiger partial charge in [-0.25, -0.2) is 9.59 Å². The highest BCUT2D eigenvalue weighted by Crippen LogP contribution is 2.36. The fraction of sp³-hybridized carbons (Fsp3) is 0.143. The molecule has 0 bridgehead atoms. The molecule has 3 rings (SSSR count). The van der Waals surface area contributed by atoms with E-state index in [1.807, 2.05) is 26.0 Å². The number of cyclic esters (lactones) is 1. The van der Waals surface area contributed by atoms with Crippen molar-refractivity contribution in [1.82, 2.24) is 0 Å². The Bertz CT molecular complexity index is 966. The first-order chi connectivity index (χ1) is 12.4. The lowest BCUT2D eigenvalue weighted by Crippen LogP contribution is -2.09. The summed E-state index contributed by atoms with van der Waals surface area (Å²) < 4.78 is 10.1. The molecule has 2 aromatic rings. The molecule has 0 unspecified atom stereocenters. The molecule has 0 fully saturated rings. The van der Waals surface area contributed by atoms with E-state index in [9.17, 15) is 14.7 Å². The van der Waals surface area contributed by atoms with Gasteiger partial charge in [0.05, 0.1) is 7.11 Å². The second-order valence-corrected chi connectivity index (χ2v) is 6.05. The lowest BCUT2D eigenvalue weighted by molar-refractivity contribution is -0.134. The minimum atomic E-state index is -0.711. The first-order valence-corrected chi connectivity index (χ1v) is 8.05. The van der Waals surface area contributed by atoms with Crippen molar-refractivity contribution >= 4 is 23.1 Å². The molecule has 0 saturated heterocycles. The smallest absolute Gasteiger partial charge is 0.348 e. The minimum Gasteiger partial charge on any atom is -0.504 e. The van der Waals surface area contributed by atoms with Crippen LogP contribution in [0.25, 0.3) is 11.1 Å². The molecule has 5 nitrogen and oxygen atoms in total. The van der Waals surface area contributed by atoms with E-state index in [-0.39, 0.29) is 22.7 Å². The monoisotopic (exact) mass is 350 g/mol. The van der Waals surface area contributed by atoms with Gasteiger partial charge < -0.3 is 14.6 Å². The van der Waals surface area contributed by atoms with Gasteiger partial charge in [-0.2, -0.15) is 0 Å². The average molecular weight is 350 g/mol. The molecule has 0 aliphatic carbocycles. The summed E-state index contributed by atoms with van der Waals surface area (Å²) in [4.78, 5) is 24.7. The zero-order valence-corrected chi connectivity index (χ0v) is 14.7. The van der Waals surface area contributed by atoms with Crippen molar-refractivity contribution in [1.29, 1.82) is 0 Å². The van der Waals surface area contributed by atoms with Crippen LogP contribution >= 0.6 is 0 Å². The Balaban J connectivity index is 2.24. The van der Waals surface area contributed by atoms with E-state index in [1.54, 1.807) is 36.4 Å². The topological polar surface area (TPSA) is 72.8 Å². The molecule has 1 N–H and O–H groups in total. The molecule has 2 aromatic carbocycles. The highest BCUT2D eigenvalue weighted by atomic mass is 16.6. The number of aryl methyl sites for hydroxylation is 2. The summed E-state index contributed by atoms with van der Waals surface area (Å²) in [6.45, 7) is 3.75. The maximum Gasteiger partial charge on any atom is 0.348 e. The van der Waals surface area contributed by atoms with E-state index in [1.165, 1.54) is 7.11 Å². The van der Waals surface area contributed by atoms with E-state index in [2.05, 4.69) is 0 Å². The molecule has 132 valence electrons. The molecule has 0 amide bonds. The number of rotatable bonds is 3. The molecule has 0 saturated carbocycles. The fourth-order valence-corrected chi connectivity index (χ4v) is 2.87. The molecular weight excluding hydrogens is 332 g/mol. The molecule has 0 radical (unpaired) electrons. The first-order valence-electron chi connectivity index (χ1n) is 8.05. The van der Waals surface area contributed by atoms with Crippen molar-refractivity contribution in [2.24, 2.45) is 0 Å². The molecule has 26 heavy (non-hydrogen) atoms. The number of aliphatic hydroxyl groups excluding tert-OH is 1. The number of methoxy groups -OCH3 is 1. The van der Waals surface area contributed by atoms with Crippen molar-refractivity contribution in [2.75, 3.05) is 7.11 Å². The van der Waals surface area contributed by atoms with Crippen LogP contribution in [0.2, 0.25) is 0 Å². The van der Waals surface area contributed by atoms with Crippen molar-refractivity contribution in [3.63, 3.8) is 0 Å². The lowest BCUT2D eigenvalue weighted by Gasteiger charge is -2.09. The van der Waals surface area contributed by atoms with Crippen LogP contribution in [-0.4, -0.2) is 24.2 Å². The predicted molar refractivity (Wildman–Crippen MR) is 96.9 cm³/mol. The average Bonchev–Trinajstić information content (AvgIpc) is 2.89. The zero-order chi connectivity index (χ0) is 18.8. The van der Waals surface area contributed by atoms with Crippen LogP contribution in [0, 0.1) is 13.8 Å². The van der Waals surface area contributed by atoms with Crippen molar-refractivity contribution in [2.45, 2.75) is 13.8 Å². The van der Waals surface area contributed by atoms with Gasteiger partial charge in [0.1, 0.15) is 11.1 Å². The minimum absolute atomic E-state index is 0.00435. The van der Waals surface area contributed by atoms with Crippen LogP contribution in [0.1, 0.15) is 22.3 Å². The van der Waals surface area contributed by atoms with Crippen molar-refractivity contribution < 1.29 is 24.2 Å². The summed E-state index contributed by atoms with van der Waals surface area (Å²) in [5.74, 6) is -1.97. The Labute approximate surface area is 151 Å². The van der Waals surface area contributed by atoms with Gasteiger partial charge in [-0.1, -0.05) is 59.7 Å². The van der Waals surface area contributed by atoms with E-state index in [0.29, 0.717) is 11.1 Å². The van der Waals surface area contributed by atoms with Crippen LogP contribution < -0.4 is 0 Å². The highest BCUT2D eigenvalue weighted by Gasteiger charge is 2.36. The summed E-state index contributed by atoms with van der Waals surface area (Å²) in [6.07, 6.45) is 0. The quantitative estimate of drug-likeness (QED) is 0.675. The van der Waals surface area contributed by atoms with Crippen LogP contribution in [0.5, 0.6) is 0 Å². The number of carbonyl (C=O) groups excluding carboxylic acids is 2. The van der Waals surface area contributed by atoms with Gasteiger partial charge in [0.25, 0.3) is 0 Å².